The molecule has 0 atom stereocenters. The summed E-state index contributed by atoms with van der Waals surface area (Å²) in [5.41, 5.74) is 3.73. The molecule has 18 heavy (non-hydrogen) atoms. The van der Waals surface area contributed by atoms with Gasteiger partial charge in [0.15, 0.2) is 0 Å². The molecule has 0 aliphatic carbocycles. The molecule has 0 aliphatic rings. The maximum Gasteiger partial charge on any atom is 0.119 e. The van der Waals surface area contributed by atoms with Crippen molar-refractivity contribution >= 4 is 6.08 Å². The highest BCUT2D eigenvalue weighted by atomic mass is 16.5. The zero-order valence-electron chi connectivity index (χ0n) is 10.9. The number of hydrogen-bond donors (Lipinski definition) is 0. The van der Waals surface area contributed by atoms with Gasteiger partial charge in [-0.05, 0) is 37.6 Å². The van der Waals surface area contributed by atoms with Gasteiger partial charge in [0.05, 0.1) is 0 Å². The maximum atomic E-state index is 5.62. The molecule has 0 radical (unpaired) electrons. The minimum absolute atomic E-state index is 0.594. The second-order valence-corrected chi connectivity index (χ2v) is 4.44. The molecule has 0 spiro atoms. The summed E-state index contributed by atoms with van der Waals surface area (Å²) < 4.78 is 5.62. The van der Waals surface area contributed by atoms with Crippen molar-refractivity contribution in [1.29, 1.82) is 0 Å². The van der Waals surface area contributed by atoms with Crippen LogP contribution in [0.25, 0.3) is 6.08 Å². The van der Waals surface area contributed by atoms with Gasteiger partial charge in [-0.15, -0.1) is 0 Å². The van der Waals surface area contributed by atoms with Crippen molar-refractivity contribution in [1.82, 2.24) is 0 Å². The van der Waals surface area contributed by atoms with Crippen molar-refractivity contribution in [3.63, 3.8) is 0 Å². The molecule has 1 nitrogen and oxygen atoms in total. The molecule has 0 bridgehead atoms. The third kappa shape index (κ3) is 3.77. The first-order chi connectivity index (χ1) is 8.74. The summed E-state index contributed by atoms with van der Waals surface area (Å²) in [5, 5.41) is 0. The van der Waals surface area contributed by atoms with Crippen LogP contribution in [0.4, 0.5) is 0 Å². The van der Waals surface area contributed by atoms with E-state index < -0.39 is 0 Å². The third-order valence-electron chi connectivity index (χ3n) is 2.75. The highest BCUT2D eigenvalue weighted by Crippen LogP contribution is 2.11. The number of aryl methyl sites for hydroxylation is 2. The topological polar surface area (TPSA) is 9.23 Å². The standard InChI is InChI=1S/C17H18O/c1-14-5-9-16(10-6-14)4-3-13-18-17-11-7-15(2)8-12-17/h3-12H,13H2,1-2H3. The molecule has 0 saturated carbocycles. The van der Waals surface area contributed by atoms with Crippen LogP contribution in [0.2, 0.25) is 0 Å². The summed E-state index contributed by atoms with van der Waals surface area (Å²) in [6.07, 6.45) is 4.11. The van der Waals surface area contributed by atoms with Crippen molar-refractivity contribution in [2.75, 3.05) is 6.61 Å². The Hall–Kier alpha value is -2.02. The molecule has 0 amide bonds. The van der Waals surface area contributed by atoms with Gasteiger partial charge in [-0.3, -0.25) is 0 Å². The van der Waals surface area contributed by atoms with Crippen LogP contribution in [0, 0.1) is 13.8 Å². The summed E-state index contributed by atoms with van der Waals surface area (Å²) in [7, 11) is 0. The van der Waals surface area contributed by atoms with Gasteiger partial charge in [0.1, 0.15) is 12.4 Å². The smallest absolute Gasteiger partial charge is 0.119 e. The second kappa shape index (κ2) is 6.06. The van der Waals surface area contributed by atoms with Gasteiger partial charge in [-0.2, -0.15) is 0 Å². The Bertz CT molecular complexity index is 506. The van der Waals surface area contributed by atoms with Crippen LogP contribution in [-0.4, -0.2) is 6.61 Å². The highest BCUT2D eigenvalue weighted by Gasteiger charge is 1.90. The largest absolute Gasteiger partial charge is 0.490 e. The first-order valence-electron chi connectivity index (χ1n) is 6.17. The molecule has 1 heteroatoms. The Morgan fingerprint density at radius 2 is 1.39 bits per heavy atom. The van der Waals surface area contributed by atoms with Crippen LogP contribution in [0.5, 0.6) is 5.75 Å². The lowest BCUT2D eigenvalue weighted by molar-refractivity contribution is 0.363. The first-order valence-corrected chi connectivity index (χ1v) is 6.17. The quantitative estimate of drug-likeness (QED) is 0.767. The zero-order valence-corrected chi connectivity index (χ0v) is 10.9. The van der Waals surface area contributed by atoms with E-state index in [1.54, 1.807) is 0 Å². The predicted molar refractivity (Wildman–Crippen MR) is 76.9 cm³/mol. The number of hydrogen-bond acceptors (Lipinski definition) is 1. The van der Waals surface area contributed by atoms with Gasteiger partial charge in [0, 0.05) is 0 Å². The van der Waals surface area contributed by atoms with Crippen LogP contribution in [0.3, 0.4) is 0 Å². The van der Waals surface area contributed by atoms with Crippen molar-refractivity contribution in [2.24, 2.45) is 0 Å². The normalized spacial score (nSPS) is 10.8. The van der Waals surface area contributed by atoms with Gasteiger partial charge in [0.25, 0.3) is 0 Å². The number of ether oxygens (including phenoxy) is 1. The molecule has 0 N–H and O–H groups in total. The molecule has 0 saturated heterocycles. The van der Waals surface area contributed by atoms with E-state index >= 15 is 0 Å². The highest BCUT2D eigenvalue weighted by molar-refractivity contribution is 5.49. The van der Waals surface area contributed by atoms with Crippen molar-refractivity contribution in [3.05, 3.63) is 71.3 Å². The van der Waals surface area contributed by atoms with Gasteiger partial charge in [-0.25, -0.2) is 0 Å². The molecule has 0 fully saturated rings. The average molecular weight is 238 g/mol. The molecule has 0 heterocycles. The number of benzene rings is 2. The van der Waals surface area contributed by atoms with Crippen molar-refractivity contribution in [3.8, 4) is 5.75 Å². The van der Waals surface area contributed by atoms with E-state index in [1.807, 2.05) is 18.2 Å². The van der Waals surface area contributed by atoms with Crippen molar-refractivity contribution < 1.29 is 4.74 Å². The monoisotopic (exact) mass is 238 g/mol. The molecule has 2 aromatic carbocycles. The van der Waals surface area contributed by atoms with E-state index in [2.05, 4.69) is 56.3 Å². The maximum absolute atomic E-state index is 5.62. The minimum Gasteiger partial charge on any atom is -0.490 e. The lowest BCUT2D eigenvalue weighted by atomic mass is 10.1. The molecule has 92 valence electrons. The van der Waals surface area contributed by atoms with Crippen LogP contribution in [0.1, 0.15) is 16.7 Å². The lowest BCUT2D eigenvalue weighted by Crippen LogP contribution is -1.92. The molecule has 0 unspecified atom stereocenters. The Morgan fingerprint density at radius 3 is 2.00 bits per heavy atom. The fraction of sp³-hybridized carbons (Fsp3) is 0.176. The average Bonchev–Trinajstić information content (AvgIpc) is 2.39. The van der Waals surface area contributed by atoms with Gasteiger partial charge in [-0.1, -0.05) is 53.6 Å². The summed E-state index contributed by atoms with van der Waals surface area (Å²) in [4.78, 5) is 0. The summed E-state index contributed by atoms with van der Waals surface area (Å²) in [5.74, 6) is 0.911. The van der Waals surface area contributed by atoms with Crippen LogP contribution in [0.15, 0.2) is 54.6 Å². The van der Waals surface area contributed by atoms with E-state index in [-0.39, 0.29) is 0 Å². The van der Waals surface area contributed by atoms with Crippen LogP contribution < -0.4 is 4.74 Å². The molecular formula is C17H18O. The van der Waals surface area contributed by atoms with E-state index in [4.69, 9.17) is 4.74 Å². The fourth-order valence-corrected chi connectivity index (χ4v) is 1.64. The summed E-state index contributed by atoms with van der Waals surface area (Å²) in [6.45, 7) is 4.76. The minimum atomic E-state index is 0.594. The molecular weight excluding hydrogens is 220 g/mol. The molecule has 2 rings (SSSR count). The Labute approximate surface area is 109 Å². The predicted octanol–water partition coefficient (Wildman–Crippen LogP) is 4.40. The molecule has 0 aliphatic heterocycles. The third-order valence-corrected chi connectivity index (χ3v) is 2.75. The van der Waals surface area contributed by atoms with Gasteiger partial charge >= 0.3 is 0 Å². The van der Waals surface area contributed by atoms with E-state index in [0.29, 0.717) is 6.61 Å². The Balaban J connectivity index is 1.84. The first kappa shape index (κ1) is 12.4. The van der Waals surface area contributed by atoms with Crippen LogP contribution in [-0.2, 0) is 0 Å². The molecule has 0 aromatic heterocycles. The van der Waals surface area contributed by atoms with E-state index in [0.717, 1.165) is 5.75 Å². The zero-order chi connectivity index (χ0) is 12.8. The summed E-state index contributed by atoms with van der Waals surface area (Å²) >= 11 is 0. The summed E-state index contributed by atoms with van der Waals surface area (Å²) in [6, 6.07) is 16.5. The fourth-order valence-electron chi connectivity index (χ4n) is 1.64. The second-order valence-electron chi connectivity index (χ2n) is 4.44. The van der Waals surface area contributed by atoms with Crippen molar-refractivity contribution in [2.45, 2.75) is 13.8 Å². The van der Waals surface area contributed by atoms with E-state index in [1.165, 1.54) is 16.7 Å². The van der Waals surface area contributed by atoms with Crippen LogP contribution >= 0.6 is 0 Å². The Kier molecular flexibility index (Phi) is 4.19. The van der Waals surface area contributed by atoms with Gasteiger partial charge in [0.2, 0.25) is 0 Å². The van der Waals surface area contributed by atoms with E-state index in [9.17, 15) is 0 Å². The lowest BCUT2D eigenvalue weighted by Gasteiger charge is -2.03. The molecule has 2 aromatic rings. The van der Waals surface area contributed by atoms with Gasteiger partial charge < -0.3 is 4.74 Å². The number of rotatable bonds is 4. The SMILES string of the molecule is Cc1ccc(C=CCOc2ccc(C)cc2)cc1. The Morgan fingerprint density at radius 1 is 0.833 bits per heavy atom.